The van der Waals surface area contributed by atoms with Crippen LogP contribution in [0.2, 0.25) is 0 Å². The molecule has 0 radical (unpaired) electrons. The van der Waals surface area contributed by atoms with E-state index < -0.39 is 0 Å². The first-order chi connectivity index (χ1) is 10.3. The number of hydrogen-bond acceptors (Lipinski definition) is 5. The van der Waals surface area contributed by atoms with E-state index in [1.165, 1.54) is 0 Å². The third-order valence-electron chi connectivity index (χ3n) is 2.92. The molecule has 2 heterocycles. The summed E-state index contributed by atoms with van der Waals surface area (Å²) in [5, 5.41) is 6.92. The molecule has 5 nitrogen and oxygen atoms in total. The fourth-order valence-corrected chi connectivity index (χ4v) is 2.49. The summed E-state index contributed by atoms with van der Waals surface area (Å²) in [6.45, 7) is 0.429. The van der Waals surface area contributed by atoms with Gasteiger partial charge in [-0.25, -0.2) is 0 Å². The quantitative estimate of drug-likeness (QED) is 0.803. The monoisotopic (exact) mass is 296 g/mol. The maximum atomic E-state index is 12.3. The molecule has 0 saturated carbocycles. The molecule has 0 spiro atoms. The molecule has 0 aliphatic carbocycles. The highest BCUT2D eigenvalue weighted by Gasteiger charge is 2.17. The van der Waals surface area contributed by atoms with Crippen LogP contribution in [0.25, 0.3) is 11.3 Å². The van der Waals surface area contributed by atoms with Crippen LogP contribution in [0.3, 0.4) is 0 Å². The van der Waals surface area contributed by atoms with E-state index in [1.807, 2.05) is 42.5 Å². The third-order valence-corrected chi connectivity index (χ3v) is 3.64. The number of benzene rings is 1. The van der Waals surface area contributed by atoms with Gasteiger partial charge in [-0.05, 0) is 23.2 Å². The molecule has 0 aliphatic rings. The molecule has 0 bridgehead atoms. The van der Waals surface area contributed by atoms with E-state index in [0.29, 0.717) is 17.1 Å². The Hall–Kier alpha value is -2.60. The van der Waals surface area contributed by atoms with Crippen molar-refractivity contribution in [2.75, 3.05) is 0 Å². The van der Waals surface area contributed by atoms with Gasteiger partial charge < -0.3 is 5.32 Å². The van der Waals surface area contributed by atoms with Crippen LogP contribution < -0.4 is 5.32 Å². The molecule has 0 atom stereocenters. The smallest absolute Gasteiger partial charge is 0.265 e. The Morgan fingerprint density at radius 1 is 1.14 bits per heavy atom. The van der Waals surface area contributed by atoms with Gasteiger partial charge in [0.25, 0.3) is 5.91 Å². The van der Waals surface area contributed by atoms with Gasteiger partial charge in [0.2, 0.25) is 0 Å². The van der Waals surface area contributed by atoms with Crippen molar-refractivity contribution in [2.24, 2.45) is 0 Å². The molecular formula is C15H12N4OS. The normalized spacial score (nSPS) is 10.3. The first-order valence-corrected chi connectivity index (χ1v) is 7.17. The lowest BCUT2D eigenvalue weighted by Gasteiger charge is -2.04. The van der Waals surface area contributed by atoms with Gasteiger partial charge in [-0.3, -0.25) is 9.78 Å². The Bertz CT molecular complexity index is 728. The predicted molar refractivity (Wildman–Crippen MR) is 80.8 cm³/mol. The molecule has 104 valence electrons. The van der Waals surface area contributed by atoms with E-state index in [0.717, 1.165) is 22.7 Å². The van der Waals surface area contributed by atoms with Crippen LogP contribution in [-0.4, -0.2) is 20.5 Å². The molecule has 0 unspecified atom stereocenters. The summed E-state index contributed by atoms with van der Waals surface area (Å²) in [7, 11) is 0. The van der Waals surface area contributed by atoms with E-state index in [9.17, 15) is 4.79 Å². The van der Waals surface area contributed by atoms with Crippen molar-refractivity contribution in [1.29, 1.82) is 0 Å². The third kappa shape index (κ3) is 3.11. The second-order valence-electron chi connectivity index (χ2n) is 4.36. The molecule has 3 aromatic rings. The Kier molecular flexibility index (Phi) is 3.97. The van der Waals surface area contributed by atoms with E-state index in [-0.39, 0.29) is 5.91 Å². The minimum absolute atomic E-state index is 0.173. The summed E-state index contributed by atoms with van der Waals surface area (Å²) in [6.07, 6.45) is 3.43. The molecule has 1 N–H and O–H groups in total. The van der Waals surface area contributed by atoms with Crippen molar-refractivity contribution in [1.82, 2.24) is 19.9 Å². The highest BCUT2D eigenvalue weighted by molar-refractivity contribution is 7.08. The summed E-state index contributed by atoms with van der Waals surface area (Å²) in [6, 6.07) is 13.3. The number of carbonyl (C=O) groups is 1. The van der Waals surface area contributed by atoms with Crippen LogP contribution in [0, 0.1) is 0 Å². The number of rotatable bonds is 4. The number of aromatic nitrogens is 3. The van der Waals surface area contributed by atoms with Crippen molar-refractivity contribution in [3.05, 3.63) is 65.3 Å². The van der Waals surface area contributed by atoms with Crippen molar-refractivity contribution in [3.63, 3.8) is 0 Å². The number of pyridine rings is 1. The van der Waals surface area contributed by atoms with Crippen molar-refractivity contribution < 1.29 is 4.79 Å². The fourth-order valence-electron chi connectivity index (χ4n) is 1.89. The van der Waals surface area contributed by atoms with E-state index in [1.54, 1.807) is 12.4 Å². The van der Waals surface area contributed by atoms with Crippen LogP contribution in [-0.2, 0) is 6.54 Å². The average molecular weight is 296 g/mol. The number of carbonyl (C=O) groups excluding carboxylic acids is 1. The van der Waals surface area contributed by atoms with Crippen molar-refractivity contribution in [3.8, 4) is 11.3 Å². The van der Waals surface area contributed by atoms with Crippen LogP contribution in [0.5, 0.6) is 0 Å². The largest absolute Gasteiger partial charge is 0.347 e. The molecule has 0 fully saturated rings. The van der Waals surface area contributed by atoms with Gasteiger partial charge in [-0.1, -0.05) is 40.9 Å². The minimum atomic E-state index is -0.173. The van der Waals surface area contributed by atoms with E-state index in [4.69, 9.17) is 0 Å². The van der Waals surface area contributed by atoms with Gasteiger partial charge in [0.1, 0.15) is 10.6 Å². The zero-order valence-electron chi connectivity index (χ0n) is 11.1. The van der Waals surface area contributed by atoms with Gasteiger partial charge >= 0.3 is 0 Å². The van der Waals surface area contributed by atoms with Crippen LogP contribution in [0.1, 0.15) is 15.2 Å². The van der Waals surface area contributed by atoms with Gasteiger partial charge in [-0.15, -0.1) is 5.10 Å². The summed E-state index contributed by atoms with van der Waals surface area (Å²) in [5.41, 5.74) is 2.45. The van der Waals surface area contributed by atoms with E-state index >= 15 is 0 Å². The highest BCUT2D eigenvalue weighted by atomic mass is 32.1. The Balaban J connectivity index is 1.76. The zero-order valence-corrected chi connectivity index (χ0v) is 11.9. The standard InChI is InChI=1S/C15H12N4OS/c20-15(17-10-11-5-4-8-16-9-11)14-13(18-19-21-14)12-6-2-1-3-7-12/h1-9H,10H2,(H,17,20). The topological polar surface area (TPSA) is 67.8 Å². The second kappa shape index (κ2) is 6.23. The lowest BCUT2D eigenvalue weighted by Crippen LogP contribution is -2.22. The summed E-state index contributed by atoms with van der Waals surface area (Å²) >= 11 is 1.10. The second-order valence-corrected chi connectivity index (χ2v) is 5.11. The van der Waals surface area contributed by atoms with Crippen molar-refractivity contribution >= 4 is 17.4 Å². The highest BCUT2D eigenvalue weighted by Crippen LogP contribution is 2.23. The van der Waals surface area contributed by atoms with Gasteiger partial charge in [0.05, 0.1) is 0 Å². The Morgan fingerprint density at radius 2 is 2.00 bits per heavy atom. The van der Waals surface area contributed by atoms with Crippen LogP contribution in [0.4, 0.5) is 0 Å². The lowest BCUT2D eigenvalue weighted by molar-refractivity contribution is 0.0955. The van der Waals surface area contributed by atoms with Crippen LogP contribution in [0.15, 0.2) is 54.9 Å². The first kappa shape index (κ1) is 13.4. The van der Waals surface area contributed by atoms with Gasteiger partial charge in [0.15, 0.2) is 0 Å². The summed E-state index contributed by atoms with van der Waals surface area (Å²) in [4.78, 5) is 16.8. The number of nitrogens with zero attached hydrogens (tertiary/aromatic N) is 3. The molecule has 6 heteroatoms. The lowest BCUT2D eigenvalue weighted by atomic mass is 10.1. The Labute approximate surface area is 125 Å². The molecule has 0 aliphatic heterocycles. The predicted octanol–water partition coefficient (Wildman–Crippen LogP) is 2.53. The molecule has 3 rings (SSSR count). The number of hydrogen-bond donors (Lipinski definition) is 1. The molecular weight excluding hydrogens is 284 g/mol. The Morgan fingerprint density at radius 3 is 2.76 bits per heavy atom. The van der Waals surface area contributed by atoms with Crippen LogP contribution >= 0.6 is 11.5 Å². The number of nitrogens with one attached hydrogen (secondary N) is 1. The van der Waals surface area contributed by atoms with Crippen molar-refractivity contribution in [2.45, 2.75) is 6.54 Å². The molecule has 1 amide bonds. The molecule has 1 aromatic carbocycles. The minimum Gasteiger partial charge on any atom is -0.347 e. The molecule has 2 aromatic heterocycles. The summed E-state index contributed by atoms with van der Waals surface area (Å²) < 4.78 is 3.89. The maximum absolute atomic E-state index is 12.3. The average Bonchev–Trinajstić information content (AvgIpc) is 3.04. The zero-order chi connectivity index (χ0) is 14.5. The number of amides is 1. The maximum Gasteiger partial charge on any atom is 0.265 e. The first-order valence-electron chi connectivity index (χ1n) is 6.39. The van der Waals surface area contributed by atoms with Gasteiger partial charge in [-0.2, -0.15) is 0 Å². The molecule has 0 saturated heterocycles. The summed E-state index contributed by atoms with van der Waals surface area (Å²) in [5.74, 6) is -0.173. The van der Waals surface area contributed by atoms with E-state index in [2.05, 4.69) is 19.9 Å². The molecule has 21 heavy (non-hydrogen) atoms. The van der Waals surface area contributed by atoms with Gasteiger partial charge in [0, 0.05) is 24.5 Å². The fraction of sp³-hybridized carbons (Fsp3) is 0.0667. The SMILES string of the molecule is O=C(NCc1cccnc1)c1snnc1-c1ccccc1.